The highest BCUT2D eigenvalue weighted by molar-refractivity contribution is 9.10. The first kappa shape index (κ1) is 13.8. The van der Waals surface area contributed by atoms with Gasteiger partial charge in [-0.05, 0) is 40.2 Å². The van der Waals surface area contributed by atoms with Crippen LogP contribution in [0.15, 0.2) is 28.7 Å². The van der Waals surface area contributed by atoms with Crippen molar-refractivity contribution in [3.63, 3.8) is 0 Å². The molecule has 2 rings (SSSR count). The molecule has 0 aliphatic heterocycles. The van der Waals surface area contributed by atoms with Gasteiger partial charge in [0.2, 0.25) is 0 Å². The number of benzene rings is 1. The lowest BCUT2D eigenvalue weighted by atomic mass is 9.91. The summed E-state index contributed by atoms with van der Waals surface area (Å²) in [5.74, 6) is 1.19. The Kier molecular flexibility index (Phi) is 3.49. The first-order valence-electron chi connectivity index (χ1n) is 5.92. The third kappa shape index (κ3) is 2.87. The maximum atomic E-state index is 9.31. The van der Waals surface area contributed by atoms with E-state index in [0.717, 1.165) is 15.7 Å². The Morgan fingerprint density at radius 2 is 1.68 bits per heavy atom. The summed E-state index contributed by atoms with van der Waals surface area (Å²) in [5, 5.41) is 9.31. The molecular formula is C14H16BrN3O. The molecule has 1 heterocycles. The number of rotatable bonds is 1. The topological polar surface area (TPSA) is 72.0 Å². The van der Waals surface area contributed by atoms with Crippen molar-refractivity contribution in [3.8, 4) is 17.1 Å². The van der Waals surface area contributed by atoms with Crippen molar-refractivity contribution in [2.75, 3.05) is 5.73 Å². The van der Waals surface area contributed by atoms with Crippen LogP contribution in [0.5, 0.6) is 5.75 Å². The van der Waals surface area contributed by atoms with Crippen LogP contribution in [0, 0.1) is 0 Å². The van der Waals surface area contributed by atoms with Gasteiger partial charge in [0.15, 0.2) is 5.82 Å². The minimum absolute atomic E-state index is 0.137. The number of nitrogens with two attached hydrogens (primary N) is 1. The molecule has 5 heteroatoms. The molecule has 0 aliphatic rings. The maximum absolute atomic E-state index is 9.31. The third-order valence-electron chi connectivity index (χ3n) is 2.71. The van der Waals surface area contributed by atoms with Gasteiger partial charge in [-0.3, -0.25) is 0 Å². The van der Waals surface area contributed by atoms with Gasteiger partial charge in [0.05, 0.1) is 10.2 Å². The second-order valence-electron chi connectivity index (χ2n) is 5.39. The molecule has 0 radical (unpaired) electrons. The monoisotopic (exact) mass is 321 g/mol. The first-order chi connectivity index (χ1) is 8.79. The van der Waals surface area contributed by atoms with Gasteiger partial charge in [-0.25, -0.2) is 9.97 Å². The van der Waals surface area contributed by atoms with Crippen LogP contribution in [-0.2, 0) is 5.41 Å². The molecule has 3 N–H and O–H groups in total. The second kappa shape index (κ2) is 4.81. The first-order valence-corrected chi connectivity index (χ1v) is 6.71. The molecule has 0 spiro atoms. The number of anilines is 1. The fourth-order valence-electron chi connectivity index (χ4n) is 1.70. The molecule has 4 nitrogen and oxygen atoms in total. The lowest BCUT2D eigenvalue weighted by Gasteiger charge is -2.20. The van der Waals surface area contributed by atoms with E-state index < -0.39 is 0 Å². The predicted octanol–water partition coefficient (Wildman–Crippen LogP) is 3.49. The summed E-state index contributed by atoms with van der Waals surface area (Å²) < 4.78 is 0.738. The van der Waals surface area contributed by atoms with E-state index in [1.807, 2.05) is 0 Å². The molecule has 0 fully saturated rings. The summed E-state index contributed by atoms with van der Waals surface area (Å²) in [6.45, 7) is 6.21. The number of phenolic OH excluding ortho intramolecular Hbond substituents is 1. The Labute approximate surface area is 120 Å². The van der Waals surface area contributed by atoms with E-state index in [0.29, 0.717) is 11.6 Å². The third-order valence-corrected chi connectivity index (χ3v) is 3.49. The summed E-state index contributed by atoms with van der Waals surface area (Å²) in [7, 11) is 0. The molecule has 2 aromatic rings. The van der Waals surface area contributed by atoms with Crippen molar-refractivity contribution < 1.29 is 5.11 Å². The van der Waals surface area contributed by atoms with Crippen LogP contribution in [0.4, 0.5) is 5.82 Å². The van der Waals surface area contributed by atoms with E-state index >= 15 is 0 Å². The number of hydrogen-bond acceptors (Lipinski definition) is 4. The van der Waals surface area contributed by atoms with E-state index in [1.165, 1.54) is 0 Å². The molecule has 0 atom stereocenters. The van der Waals surface area contributed by atoms with Gasteiger partial charge in [-0.1, -0.05) is 20.8 Å². The van der Waals surface area contributed by atoms with Crippen molar-refractivity contribution in [3.05, 3.63) is 34.4 Å². The number of aromatic hydroxyl groups is 1. The highest BCUT2D eigenvalue weighted by Crippen LogP contribution is 2.33. The normalized spacial score (nSPS) is 11.6. The zero-order valence-electron chi connectivity index (χ0n) is 11.1. The molecule has 0 unspecified atom stereocenters. The number of phenols is 1. The van der Waals surface area contributed by atoms with Gasteiger partial charge < -0.3 is 10.8 Å². The lowest BCUT2D eigenvalue weighted by molar-refractivity contribution is 0.475. The number of nitrogen functional groups attached to an aromatic ring is 1. The standard InChI is InChI=1S/C14H16BrN3O/c1-14(2,3)11-10(15)12(16)18-13(17-11)8-4-6-9(19)7-5-8/h4-7,19H,1-3H3,(H2,16,17,18). The highest BCUT2D eigenvalue weighted by atomic mass is 79.9. The second-order valence-corrected chi connectivity index (χ2v) is 6.18. The van der Waals surface area contributed by atoms with Crippen molar-refractivity contribution in [2.24, 2.45) is 0 Å². The number of halogens is 1. The number of nitrogens with zero attached hydrogens (tertiary/aromatic N) is 2. The van der Waals surface area contributed by atoms with E-state index in [-0.39, 0.29) is 11.2 Å². The van der Waals surface area contributed by atoms with Crippen LogP contribution < -0.4 is 5.73 Å². The summed E-state index contributed by atoms with van der Waals surface area (Å²) >= 11 is 3.44. The van der Waals surface area contributed by atoms with Gasteiger partial charge in [-0.15, -0.1) is 0 Å². The fraction of sp³-hybridized carbons (Fsp3) is 0.286. The van der Waals surface area contributed by atoms with Crippen LogP contribution >= 0.6 is 15.9 Å². The highest BCUT2D eigenvalue weighted by Gasteiger charge is 2.22. The Morgan fingerprint density at radius 1 is 1.11 bits per heavy atom. The van der Waals surface area contributed by atoms with Crippen molar-refractivity contribution in [1.29, 1.82) is 0 Å². The molecule has 0 bridgehead atoms. The summed E-state index contributed by atoms with van der Waals surface area (Å²) in [6, 6.07) is 6.75. The molecule has 0 aliphatic carbocycles. The van der Waals surface area contributed by atoms with Gasteiger partial charge >= 0.3 is 0 Å². The SMILES string of the molecule is CC(C)(C)c1nc(-c2ccc(O)cc2)nc(N)c1Br. The molecule has 19 heavy (non-hydrogen) atoms. The van der Waals surface area contributed by atoms with Gasteiger partial charge in [0.1, 0.15) is 11.6 Å². The summed E-state index contributed by atoms with van der Waals surface area (Å²) in [4.78, 5) is 8.87. The average Bonchev–Trinajstić information content (AvgIpc) is 2.32. The van der Waals surface area contributed by atoms with Crippen molar-refractivity contribution in [1.82, 2.24) is 9.97 Å². The van der Waals surface area contributed by atoms with E-state index in [1.54, 1.807) is 24.3 Å². The molecule has 1 aromatic heterocycles. The van der Waals surface area contributed by atoms with Gasteiger partial charge in [0, 0.05) is 11.0 Å². The number of aromatic nitrogens is 2. The zero-order chi connectivity index (χ0) is 14.2. The molecule has 0 saturated heterocycles. The van der Waals surface area contributed by atoms with E-state index in [4.69, 9.17) is 5.73 Å². The quantitative estimate of drug-likeness (QED) is 0.843. The minimum Gasteiger partial charge on any atom is -0.508 e. The molecule has 100 valence electrons. The van der Waals surface area contributed by atoms with Crippen LogP contribution in [0.2, 0.25) is 0 Å². The Bertz CT molecular complexity index is 603. The largest absolute Gasteiger partial charge is 0.508 e. The van der Waals surface area contributed by atoms with Crippen LogP contribution in [0.1, 0.15) is 26.5 Å². The summed E-state index contributed by atoms with van der Waals surface area (Å²) in [5.41, 5.74) is 7.49. The smallest absolute Gasteiger partial charge is 0.161 e. The van der Waals surface area contributed by atoms with Crippen molar-refractivity contribution in [2.45, 2.75) is 26.2 Å². The van der Waals surface area contributed by atoms with E-state index in [9.17, 15) is 5.11 Å². The van der Waals surface area contributed by atoms with E-state index in [2.05, 4.69) is 46.7 Å². The summed E-state index contributed by atoms with van der Waals surface area (Å²) in [6.07, 6.45) is 0. The Balaban J connectivity index is 2.60. The van der Waals surface area contributed by atoms with Gasteiger partial charge in [-0.2, -0.15) is 0 Å². The van der Waals surface area contributed by atoms with Crippen molar-refractivity contribution >= 4 is 21.7 Å². The maximum Gasteiger partial charge on any atom is 0.161 e. The molecule has 1 aromatic carbocycles. The molecule has 0 saturated carbocycles. The predicted molar refractivity (Wildman–Crippen MR) is 79.9 cm³/mol. The van der Waals surface area contributed by atoms with Crippen LogP contribution in [-0.4, -0.2) is 15.1 Å². The minimum atomic E-state index is -0.137. The average molecular weight is 322 g/mol. The molecule has 0 amide bonds. The van der Waals surface area contributed by atoms with Crippen LogP contribution in [0.3, 0.4) is 0 Å². The van der Waals surface area contributed by atoms with Gasteiger partial charge in [0.25, 0.3) is 0 Å². The lowest BCUT2D eigenvalue weighted by Crippen LogP contribution is -2.17. The van der Waals surface area contributed by atoms with Crippen LogP contribution in [0.25, 0.3) is 11.4 Å². The Morgan fingerprint density at radius 3 is 2.21 bits per heavy atom. The zero-order valence-corrected chi connectivity index (χ0v) is 12.7. The Hall–Kier alpha value is -1.62. The fourth-order valence-corrected chi connectivity index (χ4v) is 2.47. The molecular weight excluding hydrogens is 306 g/mol. The number of hydrogen-bond donors (Lipinski definition) is 2.